The van der Waals surface area contributed by atoms with Gasteiger partial charge in [0.2, 0.25) is 0 Å². The number of fused-ring (bicyclic) bond motifs is 1. The molecule has 0 unspecified atom stereocenters. The SMILES string of the molecule is Cc1ccc(/C=C/c2nc3cc(C)c(C)cc3s2)o1. The number of hydrogen-bond donors (Lipinski definition) is 0. The Balaban J connectivity index is 1.95. The molecule has 96 valence electrons. The minimum atomic E-state index is 0.865. The lowest BCUT2D eigenvalue weighted by molar-refractivity contribution is 0.525. The highest BCUT2D eigenvalue weighted by Crippen LogP contribution is 2.26. The lowest BCUT2D eigenvalue weighted by Gasteiger charge is -1.96. The average Bonchev–Trinajstić information content (AvgIpc) is 2.93. The van der Waals surface area contributed by atoms with Crippen LogP contribution in [0.2, 0.25) is 0 Å². The second kappa shape index (κ2) is 4.67. The fourth-order valence-electron chi connectivity index (χ4n) is 1.97. The maximum Gasteiger partial charge on any atom is 0.127 e. The highest BCUT2D eigenvalue weighted by atomic mass is 32.1. The predicted molar refractivity (Wildman–Crippen MR) is 81.5 cm³/mol. The Hall–Kier alpha value is -1.87. The van der Waals surface area contributed by atoms with E-state index in [9.17, 15) is 0 Å². The van der Waals surface area contributed by atoms with E-state index in [4.69, 9.17) is 4.42 Å². The summed E-state index contributed by atoms with van der Waals surface area (Å²) in [5.74, 6) is 1.79. The molecule has 0 saturated heterocycles. The Kier molecular flexibility index (Phi) is 2.99. The first kappa shape index (κ1) is 12.2. The van der Waals surface area contributed by atoms with Gasteiger partial charge in [0.1, 0.15) is 16.5 Å². The largest absolute Gasteiger partial charge is 0.462 e. The lowest BCUT2D eigenvalue weighted by atomic mass is 10.1. The molecule has 2 heterocycles. The van der Waals surface area contributed by atoms with Crippen LogP contribution in [0.4, 0.5) is 0 Å². The monoisotopic (exact) mass is 269 g/mol. The van der Waals surface area contributed by atoms with E-state index in [1.54, 1.807) is 11.3 Å². The molecule has 0 fully saturated rings. The number of thiazole rings is 1. The quantitative estimate of drug-likeness (QED) is 0.655. The molecule has 0 amide bonds. The topological polar surface area (TPSA) is 26.0 Å². The fraction of sp³-hybridized carbons (Fsp3) is 0.188. The van der Waals surface area contributed by atoms with Gasteiger partial charge in [-0.15, -0.1) is 11.3 Å². The molecule has 2 nitrogen and oxygen atoms in total. The third kappa shape index (κ3) is 2.47. The van der Waals surface area contributed by atoms with Gasteiger partial charge in [0.15, 0.2) is 0 Å². The van der Waals surface area contributed by atoms with Gasteiger partial charge >= 0.3 is 0 Å². The van der Waals surface area contributed by atoms with Crippen molar-refractivity contribution in [3.05, 3.63) is 51.9 Å². The second-order valence-electron chi connectivity index (χ2n) is 4.74. The van der Waals surface area contributed by atoms with E-state index in [1.165, 1.54) is 15.8 Å². The molecule has 1 aromatic carbocycles. The van der Waals surface area contributed by atoms with Crippen molar-refractivity contribution in [2.75, 3.05) is 0 Å². The van der Waals surface area contributed by atoms with Crippen LogP contribution >= 0.6 is 11.3 Å². The van der Waals surface area contributed by atoms with Gasteiger partial charge in [-0.3, -0.25) is 0 Å². The van der Waals surface area contributed by atoms with Crippen molar-refractivity contribution in [2.24, 2.45) is 0 Å². The van der Waals surface area contributed by atoms with E-state index >= 15 is 0 Å². The van der Waals surface area contributed by atoms with Gasteiger partial charge in [0.05, 0.1) is 10.2 Å². The predicted octanol–water partition coefficient (Wildman–Crippen LogP) is 4.98. The van der Waals surface area contributed by atoms with Crippen LogP contribution in [-0.2, 0) is 0 Å². The molecule has 3 rings (SSSR count). The van der Waals surface area contributed by atoms with Gasteiger partial charge in [0, 0.05) is 0 Å². The number of furan rings is 1. The molecule has 3 aromatic rings. The van der Waals surface area contributed by atoms with Crippen LogP contribution in [0.3, 0.4) is 0 Å². The Morgan fingerprint density at radius 1 is 1.05 bits per heavy atom. The number of aromatic nitrogens is 1. The van der Waals surface area contributed by atoms with Crippen LogP contribution in [0.1, 0.15) is 27.7 Å². The number of nitrogens with zero attached hydrogens (tertiary/aromatic N) is 1. The zero-order valence-corrected chi connectivity index (χ0v) is 12.0. The minimum absolute atomic E-state index is 0.865. The van der Waals surface area contributed by atoms with Crippen LogP contribution in [0.15, 0.2) is 28.7 Å². The first-order valence-corrected chi connectivity index (χ1v) is 7.06. The van der Waals surface area contributed by atoms with Gasteiger partial charge in [-0.25, -0.2) is 4.98 Å². The van der Waals surface area contributed by atoms with Crippen LogP contribution in [0.25, 0.3) is 22.4 Å². The van der Waals surface area contributed by atoms with Crippen molar-refractivity contribution in [3.8, 4) is 0 Å². The summed E-state index contributed by atoms with van der Waals surface area (Å²) in [4.78, 5) is 4.63. The molecular formula is C16H15NOS. The summed E-state index contributed by atoms with van der Waals surface area (Å²) >= 11 is 1.71. The molecule has 0 radical (unpaired) electrons. The Bertz CT molecular complexity index is 725. The molecule has 0 atom stereocenters. The molecule has 0 aliphatic rings. The smallest absolute Gasteiger partial charge is 0.127 e. The normalized spacial score (nSPS) is 11.7. The molecule has 0 saturated carbocycles. The molecule has 0 bridgehead atoms. The molecule has 3 heteroatoms. The third-order valence-corrected chi connectivity index (χ3v) is 4.16. The van der Waals surface area contributed by atoms with Crippen molar-refractivity contribution < 1.29 is 4.42 Å². The Morgan fingerprint density at radius 3 is 2.58 bits per heavy atom. The van der Waals surface area contributed by atoms with Crippen LogP contribution < -0.4 is 0 Å². The van der Waals surface area contributed by atoms with Crippen molar-refractivity contribution in [3.63, 3.8) is 0 Å². The number of aryl methyl sites for hydroxylation is 3. The zero-order chi connectivity index (χ0) is 13.4. The molecule has 2 aromatic heterocycles. The molecule has 0 spiro atoms. The standard InChI is InChI=1S/C16H15NOS/c1-10-8-14-15(9-11(10)2)19-16(17-14)7-6-13-5-4-12(3)18-13/h4-9H,1-3H3/b7-6+. The van der Waals surface area contributed by atoms with Gasteiger partial charge in [-0.2, -0.15) is 0 Å². The molecule has 0 N–H and O–H groups in total. The maximum absolute atomic E-state index is 5.51. The molecule has 19 heavy (non-hydrogen) atoms. The van der Waals surface area contributed by atoms with E-state index in [0.29, 0.717) is 0 Å². The fourth-order valence-corrected chi connectivity index (χ4v) is 2.92. The van der Waals surface area contributed by atoms with E-state index in [0.717, 1.165) is 22.0 Å². The number of rotatable bonds is 2. The van der Waals surface area contributed by atoms with E-state index in [2.05, 4.69) is 31.0 Å². The van der Waals surface area contributed by atoms with Crippen molar-refractivity contribution in [1.82, 2.24) is 4.98 Å². The second-order valence-corrected chi connectivity index (χ2v) is 5.80. The summed E-state index contributed by atoms with van der Waals surface area (Å²) in [6.07, 6.45) is 3.97. The third-order valence-electron chi connectivity index (χ3n) is 3.17. The minimum Gasteiger partial charge on any atom is -0.462 e. The number of benzene rings is 1. The summed E-state index contributed by atoms with van der Waals surface area (Å²) in [6.45, 7) is 6.20. The van der Waals surface area contributed by atoms with Gasteiger partial charge < -0.3 is 4.42 Å². The van der Waals surface area contributed by atoms with E-state index in [1.807, 2.05) is 31.2 Å². The zero-order valence-electron chi connectivity index (χ0n) is 11.2. The van der Waals surface area contributed by atoms with E-state index in [-0.39, 0.29) is 0 Å². The highest BCUT2D eigenvalue weighted by Gasteiger charge is 2.04. The van der Waals surface area contributed by atoms with Crippen molar-refractivity contribution >= 4 is 33.7 Å². The maximum atomic E-state index is 5.51. The van der Waals surface area contributed by atoms with E-state index < -0.39 is 0 Å². The van der Waals surface area contributed by atoms with Crippen LogP contribution in [0.5, 0.6) is 0 Å². The summed E-state index contributed by atoms with van der Waals surface area (Å²) in [5.41, 5.74) is 3.67. The first-order chi connectivity index (χ1) is 9.11. The Labute approximate surface area is 116 Å². The molecular weight excluding hydrogens is 254 g/mol. The molecule has 0 aliphatic carbocycles. The lowest BCUT2D eigenvalue weighted by Crippen LogP contribution is -1.79. The summed E-state index contributed by atoms with van der Waals surface area (Å²) in [5, 5.41) is 1.01. The van der Waals surface area contributed by atoms with Gasteiger partial charge in [-0.1, -0.05) is 0 Å². The summed E-state index contributed by atoms with van der Waals surface area (Å²) < 4.78 is 6.74. The highest BCUT2D eigenvalue weighted by molar-refractivity contribution is 7.19. The molecule has 0 aliphatic heterocycles. The van der Waals surface area contributed by atoms with Gasteiger partial charge in [0.25, 0.3) is 0 Å². The summed E-state index contributed by atoms with van der Waals surface area (Å²) in [6, 6.07) is 8.28. The Morgan fingerprint density at radius 2 is 1.84 bits per heavy atom. The van der Waals surface area contributed by atoms with Crippen molar-refractivity contribution in [2.45, 2.75) is 20.8 Å². The van der Waals surface area contributed by atoms with Crippen LogP contribution in [0, 0.1) is 20.8 Å². The van der Waals surface area contributed by atoms with Crippen molar-refractivity contribution in [1.29, 1.82) is 0 Å². The summed E-state index contributed by atoms with van der Waals surface area (Å²) in [7, 11) is 0. The van der Waals surface area contributed by atoms with Gasteiger partial charge in [-0.05, 0) is 68.3 Å². The van der Waals surface area contributed by atoms with Crippen LogP contribution in [-0.4, -0.2) is 4.98 Å². The average molecular weight is 269 g/mol. The first-order valence-electron chi connectivity index (χ1n) is 6.24. The number of hydrogen-bond acceptors (Lipinski definition) is 3.